The third-order valence-electron chi connectivity index (χ3n) is 12.8. The number of aromatic nitrogens is 4. The third-order valence-corrected chi connectivity index (χ3v) is 12.8. The number of rotatable bonds is 0. The molecule has 0 saturated heterocycles. The highest BCUT2D eigenvalue weighted by Gasteiger charge is 2.53. The van der Waals surface area contributed by atoms with E-state index in [1.165, 1.54) is 132 Å². The van der Waals surface area contributed by atoms with Crippen LogP contribution in [0.25, 0.3) is 109 Å². The van der Waals surface area contributed by atoms with Crippen LogP contribution in [0.4, 0.5) is 0 Å². The van der Waals surface area contributed by atoms with Crippen LogP contribution in [0, 0.1) is 0 Å². The maximum atomic E-state index is 3.78. The molecule has 0 unspecified atom stereocenters. The first kappa shape index (κ1) is 26.7. The van der Waals surface area contributed by atoms with Crippen LogP contribution in [0.1, 0.15) is 22.3 Å². The summed E-state index contributed by atoms with van der Waals surface area (Å²) < 4.78 is 0. The summed E-state index contributed by atoms with van der Waals surface area (Å²) >= 11 is 0. The molecule has 4 nitrogen and oxygen atoms in total. The van der Waals surface area contributed by atoms with Gasteiger partial charge in [0.25, 0.3) is 0 Å². The molecule has 0 amide bonds. The minimum Gasteiger partial charge on any atom is -0.354 e. The molecule has 8 aromatic carbocycles. The molecule has 2 aliphatic rings. The highest BCUT2D eigenvalue weighted by atomic mass is 14.7. The molecule has 53 heavy (non-hydrogen) atoms. The molecule has 0 atom stereocenters. The zero-order valence-electron chi connectivity index (χ0n) is 28.4. The molecule has 4 heterocycles. The van der Waals surface area contributed by atoms with Crippen LogP contribution in [0.5, 0.6) is 0 Å². The van der Waals surface area contributed by atoms with Crippen LogP contribution in [0.2, 0.25) is 0 Å². The van der Waals surface area contributed by atoms with Crippen molar-refractivity contribution < 1.29 is 0 Å². The standard InChI is InChI=1S/C49H28N4/c1-5-13-41-25(9-1)33-17-37-29(21-45(33)50-41)30-22-46-34(26-10-2-6-14-42(26)51-46)18-38(30)49(37)39-19-35-27-11-3-7-15-43(27)52-47(35)23-31(39)32-24-48-36(20-40(32)49)28-12-4-8-16-44(28)53-48/h1-24,50-53H. The molecular weight excluding hydrogens is 645 g/mol. The van der Waals surface area contributed by atoms with Crippen molar-refractivity contribution in [3.8, 4) is 22.3 Å². The minimum absolute atomic E-state index is 0.548. The van der Waals surface area contributed by atoms with Gasteiger partial charge >= 0.3 is 0 Å². The average Bonchev–Trinajstić information content (AvgIpc) is 4.02. The normalized spacial score (nSPS) is 14.2. The lowest BCUT2D eigenvalue weighted by Gasteiger charge is -2.31. The molecule has 4 heteroatoms. The van der Waals surface area contributed by atoms with Crippen LogP contribution in [-0.4, -0.2) is 19.9 Å². The summed E-state index contributed by atoms with van der Waals surface area (Å²) in [6.07, 6.45) is 0. The van der Waals surface area contributed by atoms with Crippen molar-refractivity contribution in [2.75, 3.05) is 0 Å². The largest absolute Gasteiger partial charge is 0.354 e. The van der Waals surface area contributed by atoms with E-state index in [2.05, 4.69) is 166 Å². The Bertz CT molecular complexity index is 3150. The fourth-order valence-electron chi connectivity index (χ4n) is 10.6. The zero-order valence-corrected chi connectivity index (χ0v) is 28.4. The lowest BCUT2D eigenvalue weighted by atomic mass is 9.70. The molecule has 0 saturated carbocycles. The Morgan fingerprint density at radius 3 is 0.755 bits per heavy atom. The van der Waals surface area contributed by atoms with E-state index in [0.29, 0.717) is 0 Å². The number of aromatic amines is 4. The fraction of sp³-hybridized carbons (Fsp3) is 0.0204. The molecule has 4 aromatic heterocycles. The summed E-state index contributed by atoms with van der Waals surface area (Å²) in [5.41, 5.74) is 19.3. The second kappa shape index (κ2) is 8.87. The fourth-order valence-corrected chi connectivity index (χ4v) is 10.6. The molecule has 14 rings (SSSR count). The molecular formula is C49H28N4. The first-order chi connectivity index (χ1) is 26.2. The van der Waals surface area contributed by atoms with E-state index in [9.17, 15) is 0 Å². The smallest absolute Gasteiger partial charge is 0.0726 e. The van der Waals surface area contributed by atoms with Gasteiger partial charge in [0, 0.05) is 87.2 Å². The molecule has 2 aliphatic carbocycles. The summed E-state index contributed by atoms with van der Waals surface area (Å²) in [6, 6.07) is 54.7. The minimum atomic E-state index is -0.548. The highest BCUT2D eigenvalue weighted by Crippen LogP contribution is 2.65. The number of para-hydroxylation sites is 4. The number of H-pyrrole nitrogens is 4. The molecule has 244 valence electrons. The van der Waals surface area contributed by atoms with E-state index < -0.39 is 5.41 Å². The SMILES string of the molecule is c1ccc2c(c1)[nH]c1cc3c(cc12)C1(c2cc4c(cc2-3)[nH]c2ccccc24)c2cc3c(cc2-c2cc4[nH]c5ccccc5c4cc21)[nH]c1ccccc13. The van der Waals surface area contributed by atoms with Gasteiger partial charge in [0.05, 0.1) is 5.41 Å². The number of hydrogen-bond acceptors (Lipinski definition) is 0. The summed E-state index contributed by atoms with van der Waals surface area (Å²) in [6.45, 7) is 0. The molecule has 0 radical (unpaired) electrons. The molecule has 4 N–H and O–H groups in total. The highest BCUT2D eigenvalue weighted by molar-refractivity contribution is 6.17. The van der Waals surface area contributed by atoms with Crippen molar-refractivity contribution in [3.63, 3.8) is 0 Å². The average molecular weight is 673 g/mol. The number of hydrogen-bond donors (Lipinski definition) is 4. The molecule has 0 fully saturated rings. The topological polar surface area (TPSA) is 63.2 Å². The summed E-state index contributed by atoms with van der Waals surface area (Å²) in [5.74, 6) is 0. The van der Waals surface area contributed by atoms with Crippen molar-refractivity contribution in [2.45, 2.75) is 5.41 Å². The predicted molar refractivity (Wildman–Crippen MR) is 220 cm³/mol. The Balaban J connectivity index is 1.23. The Labute approximate surface area is 301 Å². The van der Waals surface area contributed by atoms with Crippen molar-refractivity contribution >= 4 is 87.2 Å². The van der Waals surface area contributed by atoms with Crippen LogP contribution in [0.15, 0.2) is 146 Å². The van der Waals surface area contributed by atoms with E-state index >= 15 is 0 Å². The van der Waals surface area contributed by atoms with Gasteiger partial charge in [0.15, 0.2) is 0 Å². The van der Waals surface area contributed by atoms with Gasteiger partial charge in [-0.2, -0.15) is 0 Å². The van der Waals surface area contributed by atoms with Crippen LogP contribution >= 0.6 is 0 Å². The summed E-state index contributed by atoms with van der Waals surface area (Å²) in [7, 11) is 0. The molecule has 1 spiro atoms. The van der Waals surface area contributed by atoms with Gasteiger partial charge in [-0.25, -0.2) is 0 Å². The first-order valence-electron chi connectivity index (χ1n) is 18.4. The lowest BCUT2D eigenvalue weighted by molar-refractivity contribution is 0.799. The maximum Gasteiger partial charge on any atom is 0.0726 e. The van der Waals surface area contributed by atoms with E-state index in [-0.39, 0.29) is 0 Å². The predicted octanol–water partition coefficient (Wildman–Crippen LogP) is 12.6. The quantitative estimate of drug-likeness (QED) is 0.124. The van der Waals surface area contributed by atoms with Gasteiger partial charge in [-0.1, -0.05) is 72.8 Å². The van der Waals surface area contributed by atoms with Crippen LogP contribution in [0.3, 0.4) is 0 Å². The zero-order chi connectivity index (χ0) is 34.2. The van der Waals surface area contributed by atoms with E-state index in [4.69, 9.17) is 0 Å². The van der Waals surface area contributed by atoms with Crippen LogP contribution in [-0.2, 0) is 5.41 Å². The van der Waals surface area contributed by atoms with Gasteiger partial charge in [-0.05, 0) is 117 Å². The second-order valence-electron chi connectivity index (χ2n) is 15.2. The number of nitrogens with one attached hydrogen (secondary N) is 4. The summed E-state index contributed by atoms with van der Waals surface area (Å²) in [4.78, 5) is 15.1. The van der Waals surface area contributed by atoms with Crippen molar-refractivity contribution in [2.24, 2.45) is 0 Å². The maximum absolute atomic E-state index is 3.78. The van der Waals surface area contributed by atoms with E-state index in [1.807, 2.05) is 0 Å². The first-order valence-corrected chi connectivity index (χ1v) is 18.4. The molecule has 0 aliphatic heterocycles. The second-order valence-corrected chi connectivity index (χ2v) is 15.2. The Kier molecular flexibility index (Phi) is 4.47. The third kappa shape index (κ3) is 3.05. The molecule has 12 aromatic rings. The van der Waals surface area contributed by atoms with Gasteiger partial charge < -0.3 is 19.9 Å². The van der Waals surface area contributed by atoms with Crippen LogP contribution < -0.4 is 0 Å². The van der Waals surface area contributed by atoms with Crippen molar-refractivity contribution in [1.82, 2.24) is 19.9 Å². The van der Waals surface area contributed by atoms with Gasteiger partial charge in [-0.3, -0.25) is 0 Å². The van der Waals surface area contributed by atoms with Crippen molar-refractivity contribution in [3.05, 3.63) is 168 Å². The van der Waals surface area contributed by atoms with E-state index in [0.717, 1.165) is 0 Å². The lowest BCUT2D eigenvalue weighted by Crippen LogP contribution is -2.26. The van der Waals surface area contributed by atoms with Gasteiger partial charge in [0.2, 0.25) is 0 Å². The van der Waals surface area contributed by atoms with E-state index in [1.54, 1.807) is 0 Å². The Morgan fingerprint density at radius 2 is 0.491 bits per heavy atom. The van der Waals surface area contributed by atoms with Crippen molar-refractivity contribution in [1.29, 1.82) is 0 Å². The van der Waals surface area contributed by atoms with Gasteiger partial charge in [0.1, 0.15) is 0 Å². The number of fused-ring (bicyclic) bond motifs is 22. The summed E-state index contributed by atoms with van der Waals surface area (Å²) in [5, 5.41) is 10.1. The van der Waals surface area contributed by atoms with Gasteiger partial charge in [-0.15, -0.1) is 0 Å². The molecule has 0 bridgehead atoms. The monoisotopic (exact) mass is 672 g/mol. The Morgan fingerprint density at radius 1 is 0.245 bits per heavy atom. The number of benzene rings is 8. The Hall–Kier alpha value is -7.04.